The van der Waals surface area contributed by atoms with Crippen molar-refractivity contribution in [3.8, 4) is 0 Å². The minimum atomic E-state index is -4.31. The van der Waals surface area contributed by atoms with E-state index in [9.17, 15) is 13.2 Å². The summed E-state index contributed by atoms with van der Waals surface area (Å²) in [5, 5.41) is 3.40. The Balaban J connectivity index is 1.54. The number of benzene rings is 1. The molecule has 5 nitrogen and oxygen atoms in total. The number of hydrogen-bond acceptors (Lipinski definition) is 3. The Hall–Kier alpha value is -1.80. The summed E-state index contributed by atoms with van der Waals surface area (Å²) in [5.74, 6) is 1.26. The van der Waals surface area contributed by atoms with Gasteiger partial charge in [-0.15, -0.1) is 0 Å². The van der Waals surface area contributed by atoms with E-state index in [-0.39, 0.29) is 5.41 Å². The van der Waals surface area contributed by atoms with Crippen LogP contribution in [0.4, 0.5) is 13.2 Å². The van der Waals surface area contributed by atoms with Crippen LogP contribution in [0.25, 0.3) is 0 Å². The van der Waals surface area contributed by atoms with Gasteiger partial charge in [-0.2, -0.15) is 13.2 Å². The van der Waals surface area contributed by atoms with Crippen LogP contribution in [0.5, 0.6) is 0 Å². The Morgan fingerprint density at radius 3 is 2.76 bits per heavy atom. The maximum Gasteiger partial charge on any atom is 0.416 e. The first kappa shape index (κ1) is 21.9. The minimum Gasteiger partial charge on any atom is -0.382 e. The number of nitrogens with zero attached hydrogens (tertiary/aromatic N) is 2. The first-order valence-corrected chi connectivity index (χ1v) is 10.1. The number of guanidine groups is 1. The highest BCUT2D eigenvalue weighted by molar-refractivity contribution is 5.80. The quantitative estimate of drug-likeness (QED) is 0.404. The number of ether oxygens (including phenoxy) is 2. The van der Waals surface area contributed by atoms with E-state index in [4.69, 9.17) is 9.47 Å². The van der Waals surface area contributed by atoms with E-state index in [1.54, 1.807) is 20.2 Å². The van der Waals surface area contributed by atoms with Gasteiger partial charge in [0, 0.05) is 45.1 Å². The molecule has 1 saturated carbocycles. The van der Waals surface area contributed by atoms with Gasteiger partial charge in [0.25, 0.3) is 0 Å². The molecule has 1 aliphatic heterocycles. The van der Waals surface area contributed by atoms with E-state index in [0.29, 0.717) is 32.3 Å². The number of methoxy groups -OCH3 is 1. The van der Waals surface area contributed by atoms with Crippen LogP contribution in [-0.4, -0.2) is 64.5 Å². The Bertz CT molecular complexity index is 705. The Labute approximate surface area is 170 Å². The van der Waals surface area contributed by atoms with Crippen molar-refractivity contribution >= 4 is 5.96 Å². The summed E-state index contributed by atoms with van der Waals surface area (Å²) in [7, 11) is 3.40. The summed E-state index contributed by atoms with van der Waals surface area (Å²) >= 11 is 0. The summed E-state index contributed by atoms with van der Waals surface area (Å²) < 4.78 is 49.8. The molecule has 1 saturated heterocycles. The number of likely N-dealkylation sites (tertiary alicyclic amines) is 1. The van der Waals surface area contributed by atoms with Crippen LogP contribution in [0.3, 0.4) is 0 Å². The number of aliphatic imine (C=N–C) groups is 1. The number of hydrogen-bond donors (Lipinski definition) is 1. The van der Waals surface area contributed by atoms with Crippen molar-refractivity contribution in [2.45, 2.75) is 30.9 Å². The van der Waals surface area contributed by atoms with Crippen molar-refractivity contribution in [1.82, 2.24) is 10.2 Å². The van der Waals surface area contributed by atoms with Gasteiger partial charge in [0.1, 0.15) is 0 Å². The largest absolute Gasteiger partial charge is 0.416 e. The SMILES string of the molecule is CN=C(NCC1(c2cccc(C(F)(F)F)c2)CC1)N1CCC(COCCOC)C1. The normalized spacial score (nSPS) is 21.5. The van der Waals surface area contributed by atoms with Crippen LogP contribution in [0.15, 0.2) is 29.3 Å². The third-order valence-electron chi connectivity index (χ3n) is 5.82. The number of halogens is 3. The average Bonchev–Trinajstić information content (AvgIpc) is 3.36. The van der Waals surface area contributed by atoms with Crippen LogP contribution in [-0.2, 0) is 21.1 Å². The smallest absolute Gasteiger partial charge is 0.382 e. The number of nitrogens with one attached hydrogen (secondary N) is 1. The third-order valence-corrected chi connectivity index (χ3v) is 5.82. The summed E-state index contributed by atoms with van der Waals surface area (Å²) in [5.41, 5.74) is -0.0674. The van der Waals surface area contributed by atoms with Gasteiger partial charge in [-0.05, 0) is 30.9 Å². The zero-order valence-corrected chi connectivity index (χ0v) is 17.1. The Kier molecular flexibility index (Phi) is 7.05. The molecule has 0 bridgehead atoms. The minimum absolute atomic E-state index is 0.237. The molecule has 2 fully saturated rings. The average molecular weight is 413 g/mol. The predicted octanol–water partition coefficient (Wildman–Crippen LogP) is 3.30. The lowest BCUT2D eigenvalue weighted by molar-refractivity contribution is -0.137. The molecule has 1 N–H and O–H groups in total. The zero-order chi connectivity index (χ0) is 20.9. The number of rotatable bonds is 8. The topological polar surface area (TPSA) is 46.1 Å². The third kappa shape index (κ3) is 5.63. The molecule has 1 aliphatic carbocycles. The molecule has 162 valence electrons. The lowest BCUT2D eigenvalue weighted by atomic mass is 9.94. The summed E-state index contributed by atoms with van der Waals surface area (Å²) in [6.45, 7) is 4.24. The second kappa shape index (κ2) is 9.34. The molecule has 2 aliphatic rings. The molecule has 3 rings (SSSR count). The van der Waals surface area contributed by atoms with Crippen molar-refractivity contribution in [3.63, 3.8) is 0 Å². The van der Waals surface area contributed by atoms with Crippen LogP contribution >= 0.6 is 0 Å². The molecule has 1 heterocycles. The van der Waals surface area contributed by atoms with Gasteiger partial charge in [0.2, 0.25) is 0 Å². The molecule has 1 aromatic rings. The van der Waals surface area contributed by atoms with Gasteiger partial charge < -0.3 is 19.7 Å². The molecule has 0 amide bonds. The first-order chi connectivity index (χ1) is 13.9. The second-order valence-corrected chi connectivity index (χ2v) is 7.93. The highest BCUT2D eigenvalue weighted by atomic mass is 19.4. The monoisotopic (exact) mass is 413 g/mol. The molecule has 1 unspecified atom stereocenters. The lowest BCUT2D eigenvalue weighted by Crippen LogP contribution is -2.43. The maximum atomic E-state index is 13.1. The van der Waals surface area contributed by atoms with E-state index in [0.717, 1.165) is 49.9 Å². The van der Waals surface area contributed by atoms with Gasteiger partial charge in [-0.25, -0.2) is 0 Å². The van der Waals surface area contributed by atoms with Crippen LogP contribution in [0, 0.1) is 5.92 Å². The summed E-state index contributed by atoms with van der Waals surface area (Å²) in [6, 6.07) is 5.73. The van der Waals surface area contributed by atoms with Crippen molar-refractivity contribution in [3.05, 3.63) is 35.4 Å². The fourth-order valence-corrected chi connectivity index (χ4v) is 3.88. The van der Waals surface area contributed by atoms with Crippen molar-refractivity contribution in [2.75, 3.05) is 53.6 Å². The predicted molar refractivity (Wildman–Crippen MR) is 106 cm³/mol. The van der Waals surface area contributed by atoms with Crippen LogP contribution < -0.4 is 5.32 Å². The fraction of sp³-hybridized carbons (Fsp3) is 0.667. The maximum absolute atomic E-state index is 13.1. The highest BCUT2D eigenvalue weighted by Gasteiger charge is 2.45. The molecule has 1 aromatic carbocycles. The molecule has 0 aromatic heterocycles. The van der Waals surface area contributed by atoms with Gasteiger partial charge in [0.15, 0.2) is 5.96 Å². The molecular formula is C21H30F3N3O2. The highest BCUT2D eigenvalue weighted by Crippen LogP contribution is 2.48. The molecule has 0 radical (unpaired) electrons. The molecule has 1 atom stereocenters. The Morgan fingerprint density at radius 2 is 2.10 bits per heavy atom. The lowest BCUT2D eigenvalue weighted by Gasteiger charge is -2.25. The van der Waals surface area contributed by atoms with Gasteiger partial charge >= 0.3 is 6.18 Å². The van der Waals surface area contributed by atoms with Crippen molar-refractivity contribution in [2.24, 2.45) is 10.9 Å². The Morgan fingerprint density at radius 1 is 1.31 bits per heavy atom. The zero-order valence-electron chi connectivity index (χ0n) is 17.1. The second-order valence-electron chi connectivity index (χ2n) is 7.93. The van der Waals surface area contributed by atoms with Crippen LogP contribution in [0.1, 0.15) is 30.4 Å². The standard InChI is InChI=1S/C21H30F3N3O2/c1-25-19(27-9-6-16(13-27)14-29-11-10-28-2)26-15-20(7-8-20)17-4-3-5-18(12-17)21(22,23)24/h3-5,12,16H,6-11,13-15H2,1-2H3,(H,25,26). The van der Waals surface area contributed by atoms with E-state index in [2.05, 4.69) is 15.2 Å². The van der Waals surface area contributed by atoms with Gasteiger partial charge in [-0.3, -0.25) is 4.99 Å². The molecule has 29 heavy (non-hydrogen) atoms. The van der Waals surface area contributed by atoms with Crippen molar-refractivity contribution in [1.29, 1.82) is 0 Å². The molecule has 8 heteroatoms. The van der Waals surface area contributed by atoms with E-state index in [1.165, 1.54) is 12.1 Å². The first-order valence-electron chi connectivity index (χ1n) is 10.1. The molecule has 0 spiro atoms. The number of alkyl halides is 3. The van der Waals surface area contributed by atoms with Gasteiger partial charge in [-0.1, -0.05) is 18.2 Å². The summed E-state index contributed by atoms with van der Waals surface area (Å²) in [6.07, 6.45) is -1.51. The van der Waals surface area contributed by atoms with Crippen LogP contribution in [0.2, 0.25) is 0 Å². The fourth-order valence-electron chi connectivity index (χ4n) is 3.88. The molecular weight excluding hydrogens is 383 g/mol. The van der Waals surface area contributed by atoms with E-state index < -0.39 is 11.7 Å². The van der Waals surface area contributed by atoms with Gasteiger partial charge in [0.05, 0.1) is 25.4 Å². The van der Waals surface area contributed by atoms with E-state index >= 15 is 0 Å². The van der Waals surface area contributed by atoms with E-state index in [1.807, 2.05) is 0 Å². The van der Waals surface area contributed by atoms with Crippen molar-refractivity contribution < 1.29 is 22.6 Å². The summed E-state index contributed by atoms with van der Waals surface area (Å²) in [4.78, 5) is 6.59.